The van der Waals surface area contributed by atoms with Crippen molar-refractivity contribution in [1.29, 1.82) is 0 Å². The lowest BCUT2D eigenvalue weighted by atomic mass is 9.98. The van der Waals surface area contributed by atoms with Crippen molar-refractivity contribution in [3.8, 4) is 0 Å². The summed E-state index contributed by atoms with van der Waals surface area (Å²) in [6.07, 6.45) is 66.2. The lowest BCUT2D eigenvalue weighted by Gasteiger charge is -2.40. The second-order valence-electron chi connectivity index (χ2n) is 24.6. The van der Waals surface area contributed by atoms with Gasteiger partial charge in [0.2, 0.25) is 5.91 Å². The third-order valence-electron chi connectivity index (χ3n) is 16.8. The van der Waals surface area contributed by atoms with E-state index in [1.54, 1.807) is 0 Å². The number of allylic oxidation sites excluding steroid dienone is 8. The number of unbranched alkanes of at least 4 members (excludes halogenated alkanes) is 41. The van der Waals surface area contributed by atoms with Gasteiger partial charge >= 0.3 is 0 Å². The number of nitrogens with one attached hydrogen (secondary N) is 1. The highest BCUT2D eigenvalue weighted by Crippen LogP contribution is 2.24. The molecule has 8 N–H and O–H groups in total. The van der Waals surface area contributed by atoms with Gasteiger partial charge in [-0.25, -0.2) is 0 Å². The number of hydrogen-bond acceptors (Lipinski definition) is 10. The van der Waals surface area contributed by atoms with E-state index in [2.05, 4.69) is 67.8 Å². The number of carbonyl (C=O) groups is 1. The van der Waals surface area contributed by atoms with Gasteiger partial charge < -0.3 is 50.5 Å². The van der Waals surface area contributed by atoms with Crippen LogP contribution in [0.15, 0.2) is 48.6 Å². The van der Waals surface area contributed by atoms with E-state index in [0.717, 1.165) is 44.9 Å². The number of carbonyl (C=O) groups excluding carboxylic acids is 1. The Morgan fingerprint density at radius 2 is 0.732 bits per heavy atom. The average molecular weight is 1160 g/mol. The zero-order valence-electron chi connectivity index (χ0n) is 53.2. The van der Waals surface area contributed by atoms with Crippen molar-refractivity contribution < 1.29 is 50.0 Å². The lowest BCUT2D eigenvalue weighted by Crippen LogP contribution is -2.60. The molecular weight excluding hydrogens is 1030 g/mol. The van der Waals surface area contributed by atoms with Crippen molar-refractivity contribution in [3.63, 3.8) is 0 Å². The summed E-state index contributed by atoms with van der Waals surface area (Å²) in [5.41, 5.74) is 0. The number of amides is 1. The van der Waals surface area contributed by atoms with Gasteiger partial charge in [-0.2, -0.15) is 0 Å². The monoisotopic (exact) mass is 1160 g/mol. The first kappa shape index (κ1) is 78.1. The summed E-state index contributed by atoms with van der Waals surface area (Å²) in [5.74, 6) is -0.709. The molecule has 0 aliphatic carbocycles. The van der Waals surface area contributed by atoms with Crippen LogP contribution in [0.1, 0.15) is 328 Å². The van der Waals surface area contributed by atoms with E-state index in [4.69, 9.17) is 9.47 Å². The number of rotatable bonds is 61. The van der Waals surface area contributed by atoms with Crippen LogP contribution >= 0.6 is 0 Å². The molecule has 0 radical (unpaired) electrons. The summed E-state index contributed by atoms with van der Waals surface area (Å²) in [5, 5.41) is 76.4. The minimum Gasteiger partial charge on any atom is -0.394 e. The molecule has 1 amide bonds. The Morgan fingerprint density at radius 1 is 0.415 bits per heavy atom. The lowest BCUT2D eigenvalue weighted by molar-refractivity contribution is -0.303. The predicted molar refractivity (Wildman–Crippen MR) is 344 cm³/mol. The van der Waals surface area contributed by atoms with Crippen LogP contribution in [0, 0.1) is 0 Å². The van der Waals surface area contributed by atoms with Gasteiger partial charge in [-0.05, 0) is 89.9 Å². The molecule has 0 aromatic carbocycles. The van der Waals surface area contributed by atoms with Crippen LogP contribution in [0.3, 0.4) is 0 Å². The maximum atomic E-state index is 13.2. The molecule has 11 nitrogen and oxygen atoms in total. The highest BCUT2D eigenvalue weighted by molar-refractivity contribution is 5.80. The van der Waals surface area contributed by atoms with Gasteiger partial charge in [-0.15, -0.1) is 0 Å². The Hall–Kier alpha value is -1.93. The second-order valence-corrected chi connectivity index (χ2v) is 24.6. The standard InChI is InChI=1S/C71H133NO10/c1-3-5-7-9-11-13-15-17-19-21-23-25-27-29-31-33-35-37-39-41-43-45-47-49-51-53-55-57-59-64(75)70(80)72-62(61-81-71-69(79)68(78)67(77)65(60-73)82-71)66(76)63(74)58-56-54-52-50-48-46-44-42-40-38-36-34-32-30-28-26-24-22-20-18-16-14-12-10-8-6-4-2/h29,31,34,36,42,44,50,52,62-69,71,73-79H,3-28,30,32-33,35,37-41,43,45-49,51,53-61H2,1-2H3,(H,72,80)/b31-29-,36-34+,44-42+,52-50+. The maximum Gasteiger partial charge on any atom is 0.249 e. The Balaban J connectivity index is 2.25. The van der Waals surface area contributed by atoms with Crippen LogP contribution in [-0.4, -0.2) is 110 Å². The first-order valence-corrected chi connectivity index (χ1v) is 35.0. The van der Waals surface area contributed by atoms with Gasteiger partial charge in [0, 0.05) is 0 Å². The molecule has 1 heterocycles. The molecule has 11 heteroatoms. The number of aliphatic hydroxyl groups is 7. The van der Waals surface area contributed by atoms with E-state index >= 15 is 0 Å². The minimum atomic E-state index is -1.68. The average Bonchev–Trinajstić information content (AvgIpc) is 3.48. The van der Waals surface area contributed by atoms with E-state index in [9.17, 15) is 40.5 Å². The van der Waals surface area contributed by atoms with Crippen LogP contribution in [0.5, 0.6) is 0 Å². The number of aliphatic hydroxyl groups excluding tert-OH is 7. The smallest absolute Gasteiger partial charge is 0.249 e. The van der Waals surface area contributed by atoms with Gasteiger partial charge in [-0.3, -0.25) is 4.79 Å². The zero-order chi connectivity index (χ0) is 59.6. The van der Waals surface area contributed by atoms with E-state index in [0.29, 0.717) is 19.3 Å². The van der Waals surface area contributed by atoms with Crippen molar-refractivity contribution in [2.45, 2.75) is 384 Å². The fourth-order valence-corrected chi connectivity index (χ4v) is 11.2. The molecule has 0 aromatic rings. The van der Waals surface area contributed by atoms with Crippen LogP contribution in [0.4, 0.5) is 0 Å². The summed E-state index contributed by atoms with van der Waals surface area (Å²) < 4.78 is 11.2. The molecule has 82 heavy (non-hydrogen) atoms. The normalized spacial score (nSPS) is 19.4. The molecule has 0 aromatic heterocycles. The first-order chi connectivity index (χ1) is 40.2. The fraction of sp³-hybridized carbons (Fsp3) is 0.873. The first-order valence-electron chi connectivity index (χ1n) is 35.0. The summed E-state index contributed by atoms with van der Waals surface area (Å²) in [6, 6.07) is -1.20. The quantitative estimate of drug-likeness (QED) is 0.0215. The van der Waals surface area contributed by atoms with Gasteiger partial charge in [0.25, 0.3) is 0 Å². The SMILES string of the molecule is CCCCCCCCCCCCCC/C=C\CCCCCCCCCCCCCCC(O)C(=O)NC(COC1OC(CO)C(O)C(O)C1O)C(O)C(O)CCC/C=C/CC/C=C/CC/C=C/CCCCCCCCCCCCCCCC. The van der Waals surface area contributed by atoms with Gasteiger partial charge in [0.05, 0.1) is 25.4 Å². The molecular formula is C71H133NO10. The molecule has 9 unspecified atom stereocenters. The van der Waals surface area contributed by atoms with Crippen molar-refractivity contribution in [1.82, 2.24) is 5.32 Å². The summed E-state index contributed by atoms with van der Waals surface area (Å²) >= 11 is 0. The van der Waals surface area contributed by atoms with E-state index in [-0.39, 0.29) is 12.8 Å². The number of hydrogen-bond donors (Lipinski definition) is 8. The fourth-order valence-electron chi connectivity index (χ4n) is 11.2. The Morgan fingerprint density at radius 3 is 1.09 bits per heavy atom. The molecule has 1 aliphatic rings. The third-order valence-corrected chi connectivity index (χ3v) is 16.8. The Kier molecular flexibility index (Phi) is 56.6. The summed E-state index contributed by atoms with van der Waals surface area (Å²) in [6.45, 7) is 3.48. The topological polar surface area (TPSA) is 189 Å². The molecule has 9 atom stereocenters. The maximum absolute atomic E-state index is 13.2. The van der Waals surface area contributed by atoms with Crippen LogP contribution in [-0.2, 0) is 14.3 Å². The molecule has 0 saturated carbocycles. The van der Waals surface area contributed by atoms with Crippen molar-refractivity contribution >= 4 is 5.91 Å². The molecule has 1 rings (SSSR count). The van der Waals surface area contributed by atoms with Gasteiger partial charge in [-0.1, -0.05) is 287 Å². The van der Waals surface area contributed by atoms with Crippen molar-refractivity contribution in [3.05, 3.63) is 48.6 Å². The molecule has 1 aliphatic heterocycles. The van der Waals surface area contributed by atoms with E-state index < -0.39 is 74.2 Å². The van der Waals surface area contributed by atoms with E-state index in [1.165, 1.54) is 238 Å². The van der Waals surface area contributed by atoms with E-state index in [1.807, 2.05) is 0 Å². The van der Waals surface area contributed by atoms with Crippen LogP contribution in [0.2, 0.25) is 0 Å². The van der Waals surface area contributed by atoms with Gasteiger partial charge in [0.15, 0.2) is 6.29 Å². The van der Waals surface area contributed by atoms with Gasteiger partial charge in [0.1, 0.15) is 36.6 Å². The Bertz CT molecular complexity index is 1470. The zero-order valence-corrected chi connectivity index (χ0v) is 53.2. The molecule has 0 spiro atoms. The van der Waals surface area contributed by atoms with Crippen molar-refractivity contribution in [2.24, 2.45) is 0 Å². The van der Waals surface area contributed by atoms with Crippen LogP contribution < -0.4 is 5.32 Å². The molecule has 482 valence electrons. The highest BCUT2D eigenvalue weighted by Gasteiger charge is 2.44. The van der Waals surface area contributed by atoms with Crippen LogP contribution in [0.25, 0.3) is 0 Å². The van der Waals surface area contributed by atoms with Crippen molar-refractivity contribution in [2.75, 3.05) is 13.2 Å². The second kappa shape index (κ2) is 59.4. The number of ether oxygens (including phenoxy) is 2. The predicted octanol–water partition coefficient (Wildman–Crippen LogP) is 16.7. The third kappa shape index (κ3) is 46.3. The minimum absolute atomic E-state index is 0.241. The largest absolute Gasteiger partial charge is 0.394 e. The summed E-state index contributed by atoms with van der Waals surface area (Å²) in [4.78, 5) is 13.2. The highest BCUT2D eigenvalue weighted by atomic mass is 16.7. The molecule has 1 saturated heterocycles. The summed E-state index contributed by atoms with van der Waals surface area (Å²) in [7, 11) is 0. The molecule has 0 bridgehead atoms. The Labute approximate surface area is 504 Å². The molecule has 1 fully saturated rings.